The molecule has 1 atom stereocenters. The summed E-state index contributed by atoms with van der Waals surface area (Å²) < 4.78 is 0. The zero-order chi connectivity index (χ0) is 21.6. The minimum absolute atomic E-state index is 0.442. The summed E-state index contributed by atoms with van der Waals surface area (Å²) in [6.07, 6.45) is 10.5. The van der Waals surface area contributed by atoms with Gasteiger partial charge in [0.05, 0.1) is 5.56 Å². The number of rotatable bonds is 4. The van der Waals surface area contributed by atoms with Crippen LogP contribution in [0.5, 0.6) is 0 Å². The molecule has 1 aliphatic rings. The van der Waals surface area contributed by atoms with Crippen LogP contribution in [0.3, 0.4) is 0 Å². The molecule has 9 heteroatoms. The van der Waals surface area contributed by atoms with E-state index in [0.29, 0.717) is 23.8 Å². The highest BCUT2D eigenvalue weighted by atomic mass is 16.4. The largest absolute Gasteiger partial charge is 0.478 e. The van der Waals surface area contributed by atoms with Gasteiger partial charge in [-0.1, -0.05) is 6.07 Å². The molecule has 0 saturated carbocycles. The minimum Gasteiger partial charge on any atom is -0.478 e. The molecule has 0 spiro atoms. The summed E-state index contributed by atoms with van der Waals surface area (Å²) in [6, 6.07) is 8.08. The van der Waals surface area contributed by atoms with Gasteiger partial charge in [0.1, 0.15) is 0 Å². The van der Waals surface area contributed by atoms with E-state index in [-0.39, 0.29) is 0 Å². The van der Waals surface area contributed by atoms with Crippen LogP contribution in [0.1, 0.15) is 34.8 Å². The third kappa shape index (κ3) is 9.78. The first-order valence-corrected chi connectivity index (χ1v) is 8.75. The Morgan fingerprint density at radius 2 is 1.66 bits per heavy atom. The van der Waals surface area contributed by atoms with Gasteiger partial charge in [-0.25, -0.2) is 9.59 Å². The Morgan fingerprint density at radius 1 is 1.07 bits per heavy atom. The Balaban J connectivity index is 0.000000224. The fraction of sp³-hybridized carbons (Fsp3) is 0.250. The van der Waals surface area contributed by atoms with Crippen molar-refractivity contribution < 1.29 is 24.6 Å². The number of aliphatic carboxylic acids is 2. The third-order valence-electron chi connectivity index (χ3n) is 3.90. The van der Waals surface area contributed by atoms with Crippen LogP contribution in [0.4, 0.5) is 0 Å². The van der Waals surface area contributed by atoms with Crippen LogP contribution in [-0.2, 0) is 9.59 Å². The first-order chi connectivity index (χ1) is 13.8. The molecule has 0 aliphatic carbocycles. The minimum atomic E-state index is -1.26. The maximum Gasteiger partial charge on any atom is 0.328 e. The van der Waals surface area contributed by atoms with Crippen molar-refractivity contribution >= 4 is 17.8 Å². The number of amides is 1. The molecule has 0 aromatic carbocycles. The Bertz CT molecular complexity index is 796. The van der Waals surface area contributed by atoms with Crippen LogP contribution < -0.4 is 5.73 Å². The lowest BCUT2D eigenvalue weighted by Crippen LogP contribution is -2.17. The van der Waals surface area contributed by atoms with Gasteiger partial charge >= 0.3 is 11.9 Å². The molecular formula is C20H24N4O5. The van der Waals surface area contributed by atoms with Gasteiger partial charge in [-0.3, -0.25) is 19.7 Å². The molecule has 4 N–H and O–H groups in total. The SMILES string of the molecule is CN1CCCC1c1cccnc1.NC(=O)c1cccnc1.O=C(O)/C=C/C(=O)O. The second-order valence-electron chi connectivity index (χ2n) is 6.04. The van der Waals surface area contributed by atoms with Gasteiger partial charge in [-0.2, -0.15) is 0 Å². The number of carboxylic acid groups (broad SMARTS) is 2. The molecule has 3 heterocycles. The summed E-state index contributed by atoms with van der Waals surface area (Å²) in [5.41, 5.74) is 6.74. The maximum atomic E-state index is 10.4. The van der Waals surface area contributed by atoms with Gasteiger partial charge in [0.25, 0.3) is 0 Å². The van der Waals surface area contributed by atoms with Crippen LogP contribution in [0, 0.1) is 0 Å². The predicted molar refractivity (Wildman–Crippen MR) is 106 cm³/mol. The highest BCUT2D eigenvalue weighted by Crippen LogP contribution is 2.29. The van der Waals surface area contributed by atoms with Crippen molar-refractivity contribution in [3.8, 4) is 0 Å². The van der Waals surface area contributed by atoms with E-state index in [0.717, 1.165) is 0 Å². The van der Waals surface area contributed by atoms with Crippen molar-refractivity contribution in [2.75, 3.05) is 13.6 Å². The molecule has 0 bridgehead atoms. The molecule has 154 valence electrons. The average molecular weight is 400 g/mol. The lowest BCUT2D eigenvalue weighted by Gasteiger charge is -2.18. The molecule has 1 fully saturated rings. The number of hydrogen-bond acceptors (Lipinski definition) is 6. The van der Waals surface area contributed by atoms with Gasteiger partial charge in [-0.05, 0) is 50.2 Å². The van der Waals surface area contributed by atoms with Gasteiger partial charge < -0.3 is 15.9 Å². The molecule has 3 rings (SSSR count). The number of carboxylic acids is 2. The number of pyridine rings is 2. The topological polar surface area (TPSA) is 147 Å². The Labute approximate surface area is 168 Å². The number of nitrogens with zero attached hydrogens (tertiary/aromatic N) is 3. The van der Waals surface area contributed by atoms with E-state index in [1.807, 2.05) is 18.5 Å². The van der Waals surface area contributed by atoms with Crippen molar-refractivity contribution in [3.63, 3.8) is 0 Å². The van der Waals surface area contributed by atoms with E-state index in [1.54, 1.807) is 18.3 Å². The fourth-order valence-electron chi connectivity index (χ4n) is 2.56. The molecule has 1 unspecified atom stereocenters. The average Bonchev–Trinajstić information content (AvgIpc) is 3.15. The fourth-order valence-corrected chi connectivity index (χ4v) is 2.56. The van der Waals surface area contributed by atoms with Crippen LogP contribution >= 0.6 is 0 Å². The number of likely N-dealkylation sites (tertiary alicyclic amines) is 1. The Kier molecular flexibility index (Phi) is 10.3. The van der Waals surface area contributed by atoms with E-state index < -0.39 is 17.8 Å². The van der Waals surface area contributed by atoms with Crippen LogP contribution in [0.25, 0.3) is 0 Å². The number of carbonyl (C=O) groups is 3. The second-order valence-corrected chi connectivity index (χ2v) is 6.04. The molecule has 1 amide bonds. The molecule has 2 aromatic rings. The number of hydrogen-bond donors (Lipinski definition) is 3. The highest BCUT2D eigenvalue weighted by molar-refractivity contribution is 5.92. The first kappa shape index (κ1) is 23.4. The number of carbonyl (C=O) groups excluding carboxylic acids is 1. The van der Waals surface area contributed by atoms with Gasteiger partial charge in [0, 0.05) is 43.0 Å². The lowest BCUT2D eigenvalue weighted by atomic mass is 10.1. The van der Waals surface area contributed by atoms with Crippen molar-refractivity contribution in [1.82, 2.24) is 14.9 Å². The van der Waals surface area contributed by atoms with Gasteiger partial charge in [-0.15, -0.1) is 0 Å². The zero-order valence-electron chi connectivity index (χ0n) is 16.0. The molecule has 1 saturated heterocycles. The van der Waals surface area contributed by atoms with Crippen LogP contribution in [-0.4, -0.2) is 56.5 Å². The number of aromatic nitrogens is 2. The highest BCUT2D eigenvalue weighted by Gasteiger charge is 2.21. The molecular weight excluding hydrogens is 376 g/mol. The van der Waals surface area contributed by atoms with E-state index in [9.17, 15) is 14.4 Å². The predicted octanol–water partition coefficient (Wildman–Crippen LogP) is 1.74. The van der Waals surface area contributed by atoms with Gasteiger partial charge in [0.2, 0.25) is 5.91 Å². The third-order valence-corrected chi connectivity index (χ3v) is 3.90. The number of primary amides is 1. The first-order valence-electron chi connectivity index (χ1n) is 8.75. The molecule has 0 radical (unpaired) electrons. The van der Waals surface area contributed by atoms with E-state index >= 15 is 0 Å². The van der Waals surface area contributed by atoms with Crippen molar-refractivity contribution in [2.45, 2.75) is 18.9 Å². The Hall–Kier alpha value is -3.59. The molecule has 2 aromatic heterocycles. The number of nitrogens with two attached hydrogens (primary N) is 1. The molecule has 1 aliphatic heterocycles. The van der Waals surface area contributed by atoms with E-state index in [2.05, 4.69) is 28.0 Å². The lowest BCUT2D eigenvalue weighted by molar-refractivity contribution is -0.134. The van der Waals surface area contributed by atoms with Gasteiger partial charge in [0.15, 0.2) is 0 Å². The summed E-state index contributed by atoms with van der Waals surface area (Å²) in [5.74, 6) is -2.96. The van der Waals surface area contributed by atoms with Crippen LogP contribution in [0.15, 0.2) is 61.2 Å². The van der Waals surface area contributed by atoms with Crippen molar-refractivity contribution in [2.24, 2.45) is 5.73 Å². The zero-order valence-corrected chi connectivity index (χ0v) is 16.0. The Morgan fingerprint density at radius 3 is 2.00 bits per heavy atom. The monoisotopic (exact) mass is 400 g/mol. The van der Waals surface area contributed by atoms with E-state index in [4.69, 9.17) is 15.9 Å². The molecule has 9 nitrogen and oxygen atoms in total. The summed E-state index contributed by atoms with van der Waals surface area (Å²) in [6.45, 7) is 1.22. The van der Waals surface area contributed by atoms with E-state index in [1.165, 1.54) is 31.1 Å². The summed E-state index contributed by atoms with van der Waals surface area (Å²) in [7, 11) is 2.19. The standard InChI is InChI=1S/C10H14N2.C6H6N2O.C4H4O4/c1-12-7-3-5-10(12)9-4-2-6-11-8-9;7-6(9)5-2-1-3-8-4-5;5-3(6)1-2-4(7)8/h2,4,6,8,10H,3,5,7H2,1H3;1-4H,(H2,7,9);1-2H,(H,5,6)(H,7,8)/b;;2-1+. The summed E-state index contributed by atoms with van der Waals surface area (Å²) in [5, 5.41) is 15.6. The maximum absolute atomic E-state index is 10.4. The van der Waals surface area contributed by atoms with Crippen molar-refractivity contribution in [3.05, 3.63) is 72.3 Å². The van der Waals surface area contributed by atoms with Crippen molar-refractivity contribution in [1.29, 1.82) is 0 Å². The summed E-state index contributed by atoms with van der Waals surface area (Å²) in [4.78, 5) is 39.7. The smallest absolute Gasteiger partial charge is 0.328 e. The second kappa shape index (κ2) is 12.7. The normalized spacial score (nSPS) is 15.6. The quantitative estimate of drug-likeness (QED) is 0.658. The van der Waals surface area contributed by atoms with Crippen LogP contribution in [0.2, 0.25) is 0 Å². The molecule has 29 heavy (non-hydrogen) atoms. The summed E-state index contributed by atoms with van der Waals surface area (Å²) >= 11 is 0.